The molecule has 1 aliphatic heterocycles. The van der Waals surface area contributed by atoms with Gasteiger partial charge in [-0.05, 0) is 60.0 Å². The van der Waals surface area contributed by atoms with Gasteiger partial charge >= 0.3 is 0 Å². The molecule has 0 bridgehead atoms. The molecule has 0 radical (unpaired) electrons. The summed E-state index contributed by atoms with van der Waals surface area (Å²) in [5, 5.41) is 10.9. The molecule has 7 heteroatoms. The van der Waals surface area contributed by atoms with Gasteiger partial charge < -0.3 is 19.2 Å². The van der Waals surface area contributed by atoms with Crippen molar-refractivity contribution in [1.29, 1.82) is 0 Å². The Morgan fingerprint density at radius 3 is 2.55 bits per heavy atom. The number of hydrogen-bond donors (Lipinski definition) is 1. The predicted molar refractivity (Wildman–Crippen MR) is 125 cm³/mol. The SMILES string of the molecule is COc1ccc(CN2C(=O)c3oc4cc(C)c(Cl)cc4c(=O)c3[C@@H]2c2cccc(O)c2)cc1. The van der Waals surface area contributed by atoms with E-state index in [1.165, 1.54) is 0 Å². The zero-order valence-electron chi connectivity index (χ0n) is 18.0. The summed E-state index contributed by atoms with van der Waals surface area (Å²) in [5.74, 6) is 0.369. The number of benzene rings is 3. The van der Waals surface area contributed by atoms with Crippen LogP contribution in [0.3, 0.4) is 0 Å². The van der Waals surface area contributed by atoms with Crippen LogP contribution in [0.25, 0.3) is 11.0 Å². The molecule has 1 atom stereocenters. The Bertz CT molecular complexity index is 1460. The third-order valence-electron chi connectivity index (χ3n) is 5.94. The van der Waals surface area contributed by atoms with Gasteiger partial charge in [0.05, 0.1) is 24.1 Å². The van der Waals surface area contributed by atoms with Gasteiger partial charge in [-0.1, -0.05) is 35.9 Å². The highest BCUT2D eigenvalue weighted by molar-refractivity contribution is 6.32. The van der Waals surface area contributed by atoms with Crippen molar-refractivity contribution >= 4 is 28.5 Å². The lowest BCUT2D eigenvalue weighted by Crippen LogP contribution is -2.29. The van der Waals surface area contributed by atoms with Crippen molar-refractivity contribution in [2.45, 2.75) is 19.5 Å². The fourth-order valence-corrected chi connectivity index (χ4v) is 4.44. The van der Waals surface area contributed by atoms with Gasteiger partial charge in [-0.25, -0.2) is 0 Å². The van der Waals surface area contributed by atoms with E-state index in [0.29, 0.717) is 27.3 Å². The smallest absolute Gasteiger partial charge is 0.291 e. The van der Waals surface area contributed by atoms with Crippen LogP contribution < -0.4 is 10.2 Å². The molecule has 1 aromatic heterocycles. The Kier molecular flexibility index (Phi) is 5.10. The summed E-state index contributed by atoms with van der Waals surface area (Å²) in [5.41, 5.74) is 2.46. The van der Waals surface area contributed by atoms with Crippen molar-refractivity contribution in [2.24, 2.45) is 0 Å². The van der Waals surface area contributed by atoms with E-state index in [0.717, 1.165) is 11.1 Å². The van der Waals surface area contributed by atoms with Crippen LogP contribution in [0.5, 0.6) is 11.5 Å². The highest BCUT2D eigenvalue weighted by atomic mass is 35.5. The number of carbonyl (C=O) groups is 1. The molecule has 5 rings (SSSR count). The van der Waals surface area contributed by atoms with Gasteiger partial charge in [-0.3, -0.25) is 9.59 Å². The quantitative estimate of drug-likeness (QED) is 0.451. The second kappa shape index (κ2) is 7.98. The van der Waals surface area contributed by atoms with Gasteiger partial charge in [0.15, 0.2) is 5.43 Å². The molecular formula is C26H20ClNO5. The van der Waals surface area contributed by atoms with Crippen molar-refractivity contribution in [1.82, 2.24) is 4.90 Å². The Hall–Kier alpha value is -3.77. The normalized spacial score (nSPS) is 15.2. The highest BCUT2D eigenvalue weighted by Gasteiger charge is 2.42. The molecule has 1 amide bonds. The molecule has 0 spiro atoms. The Labute approximate surface area is 194 Å². The standard InChI is InChI=1S/C26H20ClNO5/c1-14-10-21-19(12-20(14)27)24(30)22-23(16-4-3-5-17(29)11-16)28(26(31)25(22)33-21)13-15-6-8-18(32-2)9-7-15/h3-12,23,29H,13H2,1-2H3/t23-/m0/s1. The second-order valence-corrected chi connectivity index (χ2v) is 8.46. The Balaban J connectivity index is 1.71. The lowest BCUT2D eigenvalue weighted by molar-refractivity contribution is 0.0714. The Morgan fingerprint density at radius 1 is 1.09 bits per heavy atom. The van der Waals surface area contributed by atoms with Gasteiger partial charge in [-0.15, -0.1) is 0 Å². The molecule has 1 aliphatic rings. The van der Waals surface area contributed by atoms with Crippen LogP contribution in [0.4, 0.5) is 0 Å². The largest absolute Gasteiger partial charge is 0.508 e. The molecule has 2 heterocycles. The summed E-state index contributed by atoms with van der Waals surface area (Å²) in [6, 6.07) is 16.4. The number of hydrogen-bond acceptors (Lipinski definition) is 5. The number of carbonyl (C=O) groups excluding carboxylic acids is 1. The molecular weight excluding hydrogens is 442 g/mol. The maximum absolute atomic E-state index is 13.6. The molecule has 0 saturated heterocycles. The van der Waals surface area contributed by atoms with Crippen molar-refractivity contribution < 1.29 is 19.1 Å². The minimum absolute atomic E-state index is 0.0103. The van der Waals surface area contributed by atoms with Gasteiger partial charge in [0.2, 0.25) is 5.76 Å². The molecule has 0 aliphatic carbocycles. The van der Waals surface area contributed by atoms with Gasteiger partial charge in [0.1, 0.15) is 17.1 Å². The number of phenols is 1. The van der Waals surface area contributed by atoms with Crippen LogP contribution in [-0.4, -0.2) is 23.0 Å². The second-order valence-electron chi connectivity index (χ2n) is 8.05. The average molecular weight is 462 g/mol. The molecule has 166 valence electrons. The maximum atomic E-state index is 13.6. The summed E-state index contributed by atoms with van der Waals surface area (Å²) in [6.07, 6.45) is 0. The summed E-state index contributed by atoms with van der Waals surface area (Å²) < 4.78 is 11.2. The first-order valence-electron chi connectivity index (χ1n) is 10.4. The van der Waals surface area contributed by atoms with Gasteiger partial charge in [0.25, 0.3) is 5.91 Å². The van der Waals surface area contributed by atoms with E-state index in [4.69, 9.17) is 20.8 Å². The number of nitrogens with zero attached hydrogens (tertiary/aromatic N) is 1. The number of amides is 1. The Morgan fingerprint density at radius 2 is 1.85 bits per heavy atom. The number of ether oxygens (including phenoxy) is 1. The van der Waals surface area contributed by atoms with E-state index < -0.39 is 6.04 Å². The minimum atomic E-state index is -0.720. The monoisotopic (exact) mass is 461 g/mol. The lowest BCUT2D eigenvalue weighted by Gasteiger charge is -2.25. The molecule has 1 N–H and O–H groups in total. The predicted octanol–water partition coefficient (Wildman–Crippen LogP) is 5.21. The first kappa shape index (κ1) is 21.1. The zero-order valence-corrected chi connectivity index (χ0v) is 18.7. The third-order valence-corrected chi connectivity index (χ3v) is 6.35. The number of rotatable bonds is 4. The topological polar surface area (TPSA) is 80.0 Å². The van der Waals surface area contributed by atoms with Crippen LogP contribution in [0.15, 0.2) is 69.9 Å². The fraction of sp³-hybridized carbons (Fsp3) is 0.154. The van der Waals surface area contributed by atoms with Crippen LogP contribution in [0, 0.1) is 6.92 Å². The zero-order chi connectivity index (χ0) is 23.3. The van der Waals surface area contributed by atoms with Crippen molar-refractivity contribution in [2.75, 3.05) is 7.11 Å². The summed E-state index contributed by atoms with van der Waals surface area (Å²) in [4.78, 5) is 28.7. The van der Waals surface area contributed by atoms with Crippen LogP contribution in [0.2, 0.25) is 5.02 Å². The number of methoxy groups -OCH3 is 1. The average Bonchev–Trinajstić information content (AvgIpc) is 3.08. The van der Waals surface area contributed by atoms with Gasteiger partial charge in [-0.2, -0.15) is 0 Å². The summed E-state index contributed by atoms with van der Waals surface area (Å²) in [7, 11) is 1.59. The van der Waals surface area contributed by atoms with Crippen molar-refractivity contribution in [3.8, 4) is 11.5 Å². The summed E-state index contributed by atoms with van der Waals surface area (Å²) in [6.45, 7) is 2.05. The highest BCUT2D eigenvalue weighted by Crippen LogP contribution is 2.40. The maximum Gasteiger partial charge on any atom is 0.291 e. The van der Waals surface area contributed by atoms with Crippen LogP contribution >= 0.6 is 11.6 Å². The number of aryl methyl sites for hydroxylation is 1. The fourth-order valence-electron chi connectivity index (χ4n) is 4.27. The third kappa shape index (κ3) is 3.52. The molecule has 4 aromatic rings. The summed E-state index contributed by atoms with van der Waals surface area (Å²) >= 11 is 6.27. The number of halogens is 1. The molecule has 0 saturated carbocycles. The van der Waals surface area contributed by atoms with E-state index in [1.807, 2.05) is 31.2 Å². The first-order chi connectivity index (χ1) is 15.9. The molecule has 0 fully saturated rings. The molecule has 0 unspecified atom stereocenters. The molecule has 33 heavy (non-hydrogen) atoms. The van der Waals surface area contributed by atoms with Crippen molar-refractivity contribution in [3.63, 3.8) is 0 Å². The molecule has 6 nitrogen and oxygen atoms in total. The van der Waals surface area contributed by atoms with E-state index in [9.17, 15) is 14.7 Å². The van der Waals surface area contributed by atoms with E-state index in [1.54, 1.807) is 48.4 Å². The van der Waals surface area contributed by atoms with E-state index in [-0.39, 0.29) is 35.0 Å². The number of fused-ring (bicyclic) bond motifs is 2. The van der Waals surface area contributed by atoms with E-state index in [2.05, 4.69) is 0 Å². The van der Waals surface area contributed by atoms with Crippen LogP contribution in [-0.2, 0) is 6.54 Å². The lowest BCUT2D eigenvalue weighted by atomic mass is 9.98. The van der Waals surface area contributed by atoms with E-state index >= 15 is 0 Å². The molecule has 3 aromatic carbocycles. The minimum Gasteiger partial charge on any atom is -0.508 e. The number of phenolic OH excluding ortho intramolecular Hbond substituents is 1. The first-order valence-corrected chi connectivity index (χ1v) is 10.7. The van der Waals surface area contributed by atoms with Crippen LogP contribution in [0.1, 0.15) is 38.9 Å². The number of aromatic hydroxyl groups is 1. The van der Waals surface area contributed by atoms with Crippen molar-refractivity contribution in [3.05, 3.63) is 104 Å². The van der Waals surface area contributed by atoms with Gasteiger partial charge in [0, 0.05) is 11.6 Å².